The zero-order chi connectivity index (χ0) is 17.4. The zero-order valence-corrected chi connectivity index (χ0v) is 14.6. The molecule has 1 aromatic heterocycles. The van der Waals surface area contributed by atoms with Crippen LogP contribution >= 0.6 is 15.9 Å². The topological polar surface area (TPSA) is 34.9 Å². The number of nitrogens with zero attached hydrogens (tertiary/aromatic N) is 2. The van der Waals surface area contributed by atoms with Crippen molar-refractivity contribution in [2.45, 2.75) is 0 Å². The number of rotatable bonds is 2. The summed E-state index contributed by atoms with van der Waals surface area (Å²) in [6.07, 6.45) is 0. The molecule has 4 aromatic rings. The zero-order valence-electron chi connectivity index (χ0n) is 13.0. The predicted octanol–water partition coefficient (Wildman–Crippen LogP) is 4.95. The van der Waals surface area contributed by atoms with Gasteiger partial charge in [0.2, 0.25) is 0 Å². The smallest absolute Gasteiger partial charge is 0.266 e. The summed E-state index contributed by atoms with van der Waals surface area (Å²) in [7, 11) is 0. The van der Waals surface area contributed by atoms with Gasteiger partial charge in [-0.2, -0.15) is 0 Å². The summed E-state index contributed by atoms with van der Waals surface area (Å²) in [5.74, 6) is -0.139. The molecule has 0 atom stereocenters. The molecule has 122 valence electrons. The van der Waals surface area contributed by atoms with E-state index in [0.29, 0.717) is 16.6 Å². The molecule has 0 aliphatic rings. The molecular formula is C20H12BrFN2O. The first-order valence-electron chi connectivity index (χ1n) is 7.68. The van der Waals surface area contributed by atoms with Gasteiger partial charge in [0, 0.05) is 4.47 Å². The van der Waals surface area contributed by atoms with Crippen molar-refractivity contribution in [1.82, 2.24) is 9.55 Å². The Hall–Kier alpha value is -2.79. The van der Waals surface area contributed by atoms with Gasteiger partial charge in [-0.1, -0.05) is 40.2 Å². The largest absolute Gasteiger partial charge is 0.268 e. The molecule has 0 unspecified atom stereocenters. The van der Waals surface area contributed by atoms with E-state index in [1.165, 1.54) is 10.6 Å². The van der Waals surface area contributed by atoms with E-state index in [1.807, 2.05) is 18.2 Å². The van der Waals surface area contributed by atoms with E-state index < -0.39 is 5.82 Å². The van der Waals surface area contributed by atoms with E-state index in [2.05, 4.69) is 20.9 Å². The molecule has 0 bridgehead atoms. The first kappa shape index (κ1) is 15.7. The van der Waals surface area contributed by atoms with E-state index in [1.54, 1.807) is 48.5 Å². The molecule has 0 aliphatic heterocycles. The van der Waals surface area contributed by atoms with Crippen LogP contribution in [-0.2, 0) is 0 Å². The molecule has 3 aromatic carbocycles. The normalized spacial score (nSPS) is 11.0. The maximum atomic E-state index is 14.4. The minimum atomic E-state index is -0.421. The van der Waals surface area contributed by atoms with Crippen molar-refractivity contribution in [3.8, 4) is 17.1 Å². The van der Waals surface area contributed by atoms with E-state index in [4.69, 9.17) is 0 Å². The summed E-state index contributed by atoms with van der Waals surface area (Å²) < 4.78 is 16.7. The Morgan fingerprint density at radius 2 is 1.56 bits per heavy atom. The molecule has 0 spiro atoms. The number of aromatic nitrogens is 2. The second kappa shape index (κ2) is 6.26. The van der Waals surface area contributed by atoms with E-state index in [0.717, 1.165) is 4.47 Å². The number of para-hydroxylation sites is 1. The summed E-state index contributed by atoms with van der Waals surface area (Å²) in [5.41, 5.74) is 1.23. The summed E-state index contributed by atoms with van der Waals surface area (Å²) in [6.45, 7) is 0. The van der Waals surface area contributed by atoms with Crippen LogP contribution in [-0.4, -0.2) is 9.55 Å². The summed E-state index contributed by atoms with van der Waals surface area (Å²) in [4.78, 5) is 17.7. The molecule has 0 saturated carbocycles. The Kier molecular flexibility index (Phi) is 3.93. The van der Waals surface area contributed by atoms with Crippen LogP contribution in [0.25, 0.3) is 28.0 Å². The highest BCUT2D eigenvalue weighted by atomic mass is 79.9. The van der Waals surface area contributed by atoms with Gasteiger partial charge >= 0.3 is 0 Å². The van der Waals surface area contributed by atoms with Gasteiger partial charge in [-0.05, 0) is 48.5 Å². The first-order chi connectivity index (χ1) is 12.1. The maximum absolute atomic E-state index is 14.4. The molecule has 5 heteroatoms. The fraction of sp³-hybridized carbons (Fsp3) is 0. The standard InChI is InChI=1S/C20H12BrFN2O/c21-13-9-11-14(12-10-13)24-19(15-5-1-3-7-17(15)22)23-18-8-4-2-6-16(18)20(24)25/h1-12H. The lowest BCUT2D eigenvalue weighted by atomic mass is 10.1. The van der Waals surface area contributed by atoms with Gasteiger partial charge in [0.25, 0.3) is 5.56 Å². The lowest BCUT2D eigenvalue weighted by Crippen LogP contribution is -2.22. The molecule has 0 aliphatic carbocycles. The van der Waals surface area contributed by atoms with Gasteiger partial charge < -0.3 is 0 Å². The third kappa shape index (κ3) is 2.76. The third-order valence-corrected chi connectivity index (χ3v) is 4.50. The van der Waals surface area contributed by atoms with Crippen LogP contribution in [0, 0.1) is 5.82 Å². The van der Waals surface area contributed by atoms with Crippen molar-refractivity contribution in [2.75, 3.05) is 0 Å². The van der Waals surface area contributed by atoms with Gasteiger partial charge in [0.15, 0.2) is 5.82 Å². The number of halogens is 2. The maximum Gasteiger partial charge on any atom is 0.266 e. The third-order valence-electron chi connectivity index (χ3n) is 3.98. The minimum absolute atomic E-state index is 0.230. The van der Waals surface area contributed by atoms with Crippen molar-refractivity contribution in [1.29, 1.82) is 0 Å². The second-order valence-electron chi connectivity index (χ2n) is 5.55. The van der Waals surface area contributed by atoms with Gasteiger partial charge in [-0.25, -0.2) is 9.37 Å². The van der Waals surface area contributed by atoms with Crippen LogP contribution in [0.5, 0.6) is 0 Å². The van der Waals surface area contributed by atoms with Crippen LogP contribution in [0.4, 0.5) is 4.39 Å². The van der Waals surface area contributed by atoms with Crippen LogP contribution in [0.2, 0.25) is 0 Å². The van der Waals surface area contributed by atoms with Crippen molar-refractivity contribution < 1.29 is 4.39 Å². The Bertz CT molecular complexity index is 1140. The lowest BCUT2D eigenvalue weighted by molar-refractivity contribution is 0.629. The highest BCUT2D eigenvalue weighted by Gasteiger charge is 2.16. The van der Waals surface area contributed by atoms with Gasteiger partial charge in [0.1, 0.15) is 5.82 Å². The van der Waals surface area contributed by atoms with Crippen molar-refractivity contribution in [2.24, 2.45) is 0 Å². The van der Waals surface area contributed by atoms with Gasteiger partial charge in [-0.15, -0.1) is 0 Å². The van der Waals surface area contributed by atoms with Gasteiger partial charge in [-0.3, -0.25) is 9.36 Å². The SMILES string of the molecule is O=c1c2ccccc2nc(-c2ccccc2F)n1-c1ccc(Br)cc1. The molecule has 0 saturated heterocycles. The van der Waals surface area contributed by atoms with E-state index >= 15 is 0 Å². The molecule has 0 amide bonds. The van der Waals surface area contributed by atoms with E-state index in [-0.39, 0.29) is 16.9 Å². The molecule has 4 rings (SSSR count). The van der Waals surface area contributed by atoms with Crippen LogP contribution < -0.4 is 5.56 Å². The number of fused-ring (bicyclic) bond motifs is 1. The predicted molar refractivity (Wildman–Crippen MR) is 100 cm³/mol. The van der Waals surface area contributed by atoms with Crippen molar-refractivity contribution in [3.63, 3.8) is 0 Å². The summed E-state index contributed by atoms with van der Waals surface area (Å²) >= 11 is 3.39. The Balaban J connectivity index is 2.13. The Morgan fingerprint density at radius 1 is 0.880 bits per heavy atom. The monoisotopic (exact) mass is 394 g/mol. The quantitative estimate of drug-likeness (QED) is 0.481. The van der Waals surface area contributed by atoms with Crippen molar-refractivity contribution in [3.05, 3.63) is 93.4 Å². The second-order valence-corrected chi connectivity index (χ2v) is 6.47. The highest BCUT2D eigenvalue weighted by molar-refractivity contribution is 9.10. The molecule has 25 heavy (non-hydrogen) atoms. The fourth-order valence-corrected chi connectivity index (χ4v) is 3.05. The number of hydrogen-bond donors (Lipinski definition) is 0. The van der Waals surface area contributed by atoms with Crippen LogP contribution in [0.1, 0.15) is 0 Å². The van der Waals surface area contributed by atoms with E-state index in [9.17, 15) is 9.18 Å². The molecular weight excluding hydrogens is 383 g/mol. The number of hydrogen-bond acceptors (Lipinski definition) is 2. The van der Waals surface area contributed by atoms with Crippen LogP contribution in [0.15, 0.2) is 82.1 Å². The highest BCUT2D eigenvalue weighted by Crippen LogP contribution is 2.25. The molecule has 0 fully saturated rings. The summed E-state index contributed by atoms with van der Waals surface area (Å²) in [5, 5.41) is 0.491. The minimum Gasteiger partial charge on any atom is -0.268 e. The molecule has 0 radical (unpaired) electrons. The summed E-state index contributed by atoms with van der Waals surface area (Å²) in [6, 6.07) is 20.7. The number of benzene rings is 3. The average molecular weight is 395 g/mol. The molecule has 3 nitrogen and oxygen atoms in total. The Labute approximate surface area is 151 Å². The molecule has 1 heterocycles. The van der Waals surface area contributed by atoms with Crippen LogP contribution in [0.3, 0.4) is 0 Å². The average Bonchev–Trinajstić information content (AvgIpc) is 2.63. The molecule has 0 N–H and O–H groups in total. The van der Waals surface area contributed by atoms with Crippen molar-refractivity contribution >= 4 is 26.8 Å². The van der Waals surface area contributed by atoms with Gasteiger partial charge in [0.05, 0.1) is 22.2 Å². The first-order valence-corrected chi connectivity index (χ1v) is 8.47. The lowest BCUT2D eigenvalue weighted by Gasteiger charge is -2.14. The Morgan fingerprint density at radius 3 is 2.32 bits per heavy atom. The fourth-order valence-electron chi connectivity index (χ4n) is 2.79.